The molecule has 0 atom stereocenters. The summed E-state index contributed by atoms with van der Waals surface area (Å²) in [5.74, 6) is -0.0776. The molecule has 0 radical (unpaired) electrons. The van der Waals surface area contributed by atoms with Crippen molar-refractivity contribution < 1.29 is 17.5 Å². The molecule has 0 aliphatic carbocycles. The predicted octanol–water partition coefficient (Wildman–Crippen LogP) is 2.32. The van der Waals surface area contributed by atoms with Crippen LogP contribution in [-0.4, -0.2) is 20.8 Å². The largest absolute Gasteiger partial charge is 0.492 e. The van der Waals surface area contributed by atoms with E-state index in [0.717, 1.165) is 5.56 Å². The average Bonchev–Trinajstić information content (AvgIpc) is 2.48. The number of halogens is 1. The quantitative estimate of drug-likeness (QED) is 0.854. The molecule has 0 aliphatic heterocycles. The Morgan fingerprint density at radius 1 is 1.00 bits per heavy atom. The molecule has 2 aromatic rings. The molecule has 4 nitrogen and oxygen atoms in total. The van der Waals surface area contributed by atoms with Crippen LogP contribution in [0.3, 0.4) is 0 Å². The maximum absolute atomic E-state index is 12.7. The van der Waals surface area contributed by atoms with Crippen LogP contribution in [0.4, 0.5) is 4.39 Å². The highest BCUT2D eigenvalue weighted by Crippen LogP contribution is 2.10. The second kappa shape index (κ2) is 7.19. The zero-order chi connectivity index (χ0) is 15.1. The monoisotopic (exact) mass is 309 g/mol. The van der Waals surface area contributed by atoms with Crippen molar-refractivity contribution in [3.8, 4) is 5.75 Å². The van der Waals surface area contributed by atoms with Gasteiger partial charge in [-0.05, 0) is 29.8 Å². The fourth-order valence-corrected chi connectivity index (χ4v) is 2.50. The molecule has 21 heavy (non-hydrogen) atoms. The van der Waals surface area contributed by atoms with Gasteiger partial charge in [-0.1, -0.05) is 30.3 Å². The van der Waals surface area contributed by atoms with Gasteiger partial charge in [-0.3, -0.25) is 0 Å². The first kappa shape index (κ1) is 15.5. The van der Waals surface area contributed by atoms with Crippen LogP contribution in [0, 0.1) is 5.82 Å². The van der Waals surface area contributed by atoms with Gasteiger partial charge in [0.15, 0.2) is 0 Å². The fourth-order valence-electron chi connectivity index (χ4n) is 1.66. The Morgan fingerprint density at radius 3 is 2.33 bits per heavy atom. The zero-order valence-electron chi connectivity index (χ0n) is 11.3. The van der Waals surface area contributed by atoms with Crippen molar-refractivity contribution in [3.05, 3.63) is 66.0 Å². The van der Waals surface area contributed by atoms with Crippen molar-refractivity contribution >= 4 is 10.0 Å². The zero-order valence-corrected chi connectivity index (χ0v) is 12.1. The minimum Gasteiger partial charge on any atom is -0.492 e. The van der Waals surface area contributed by atoms with E-state index in [1.54, 1.807) is 0 Å². The number of ether oxygens (including phenoxy) is 1. The molecular formula is C15H16FNO3S. The van der Waals surface area contributed by atoms with Crippen molar-refractivity contribution in [1.82, 2.24) is 4.72 Å². The minimum atomic E-state index is -3.41. The van der Waals surface area contributed by atoms with Crippen LogP contribution in [0.2, 0.25) is 0 Å². The van der Waals surface area contributed by atoms with E-state index < -0.39 is 10.0 Å². The van der Waals surface area contributed by atoms with E-state index in [0.29, 0.717) is 5.75 Å². The lowest BCUT2D eigenvalue weighted by molar-refractivity contribution is 0.339. The van der Waals surface area contributed by atoms with Gasteiger partial charge in [0.2, 0.25) is 10.0 Å². The summed E-state index contributed by atoms with van der Waals surface area (Å²) in [5, 5.41) is 0. The van der Waals surface area contributed by atoms with Gasteiger partial charge in [-0.2, -0.15) is 0 Å². The number of benzene rings is 2. The van der Waals surface area contributed by atoms with Crippen LogP contribution < -0.4 is 9.46 Å². The Bertz CT molecular complexity index is 657. The highest BCUT2D eigenvalue weighted by atomic mass is 32.2. The van der Waals surface area contributed by atoms with E-state index in [2.05, 4.69) is 4.72 Å². The third-order valence-corrected chi connectivity index (χ3v) is 4.06. The second-order valence-corrected chi connectivity index (χ2v) is 6.35. The molecule has 6 heteroatoms. The van der Waals surface area contributed by atoms with Crippen LogP contribution >= 0.6 is 0 Å². The fraction of sp³-hybridized carbons (Fsp3) is 0.200. The van der Waals surface area contributed by atoms with Gasteiger partial charge in [-0.15, -0.1) is 0 Å². The van der Waals surface area contributed by atoms with Crippen LogP contribution in [0.1, 0.15) is 5.56 Å². The Kier molecular flexibility index (Phi) is 5.30. The normalized spacial score (nSPS) is 11.3. The molecule has 0 unspecified atom stereocenters. The highest BCUT2D eigenvalue weighted by molar-refractivity contribution is 7.89. The first-order valence-corrected chi connectivity index (χ1v) is 8.10. The standard InChI is InChI=1S/C15H16FNO3S/c16-14-6-8-15(9-7-14)20-10-11-21(18,19)17-12-13-4-2-1-3-5-13/h1-9,17H,10-12H2. The van der Waals surface area contributed by atoms with E-state index in [9.17, 15) is 12.8 Å². The first-order chi connectivity index (χ1) is 10.1. The van der Waals surface area contributed by atoms with Crippen molar-refractivity contribution in [2.45, 2.75) is 6.54 Å². The predicted molar refractivity (Wildman–Crippen MR) is 79.0 cm³/mol. The summed E-state index contributed by atoms with van der Waals surface area (Å²) < 4.78 is 44.1. The van der Waals surface area contributed by atoms with Crippen LogP contribution in [-0.2, 0) is 16.6 Å². The molecule has 0 fully saturated rings. The smallest absolute Gasteiger partial charge is 0.215 e. The van der Waals surface area contributed by atoms with Crippen LogP contribution in [0.25, 0.3) is 0 Å². The maximum atomic E-state index is 12.7. The molecule has 0 amide bonds. The van der Waals surface area contributed by atoms with Gasteiger partial charge in [0.1, 0.15) is 18.2 Å². The SMILES string of the molecule is O=S(=O)(CCOc1ccc(F)cc1)NCc1ccccc1. The van der Waals surface area contributed by atoms with Crippen molar-refractivity contribution in [3.63, 3.8) is 0 Å². The number of sulfonamides is 1. The van der Waals surface area contributed by atoms with Gasteiger partial charge in [0.25, 0.3) is 0 Å². The summed E-state index contributed by atoms with van der Waals surface area (Å²) in [6.07, 6.45) is 0. The van der Waals surface area contributed by atoms with E-state index in [4.69, 9.17) is 4.74 Å². The number of hydrogen-bond donors (Lipinski definition) is 1. The number of nitrogens with one attached hydrogen (secondary N) is 1. The second-order valence-electron chi connectivity index (χ2n) is 4.43. The van der Waals surface area contributed by atoms with Gasteiger partial charge >= 0.3 is 0 Å². The Labute approximate surface area is 123 Å². The molecule has 0 heterocycles. The van der Waals surface area contributed by atoms with Gasteiger partial charge in [0.05, 0.1) is 5.75 Å². The Morgan fingerprint density at radius 2 is 1.67 bits per heavy atom. The molecule has 0 bridgehead atoms. The highest BCUT2D eigenvalue weighted by Gasteiger charge is 2.10. The number of rotatable bonds is 7. The summed E-state index contributed by atoms with van der Waals surface area (Å²) in [4.78, 5) is 0. The molecule has 0 saturated heterocycles. The molecule has 0 aliphatic rings. The van der Waals surface area contributed by atoms with Crippen molar-refractivity contribution in [1.29, 1.82) is 0 Å². The van der Waals surface area contributed by atoms with Crippen LogP contribution in [0.5, 0.6) is 5.75 Å². The first-order valence-electron chi connectivity index (χ1n) is 6.45. The van der Waals surface area contributed by atoms with Crippen molar-refractivity contribution in [2.75, 3.05) is 12.4 Å². The van der Waals surface area contributed by atoms with Crippen molar-refractivity contribution in [2.24, 2.45) is 0 Å². The molecule has 0 saturated carbocycles. The van der Waals surface area contributed by atoms with Crippen LogP contribution in [0.15, 0.2) is 54.6 Å². The topological polar surface area (TPSA) is 55.4 Å². The Hall–Kier alpha value is -1.92. The Balaban J connectivity index is 1.77. The van der Waals surface area contributed by atoms with Gasteiger partial charge < -0.3 is 4.74 Å². The molecule has 2 rings (SSSR count). The summed E-state index contributed by atoms with van der Waals surface area (Å²) in [7, 11) is -3.41. The summed E-state index contributed by atoms with van der Waals surface area (Å²) >= 11 is 0. The molecule has 112 valence electrons. The van der Waals surface area contributed by atoms with E-state index in [1.807, 2.05) is 30.3 Å². The molecule has 1 N–H and O–H groups in total. The van der Waals surface area contributed by atoms with E-state index >= 15 is 0 Å². The molecule has 0 spiro atoms. The van der Waals surface area contributed by atoms with E-state index in [-0.39, 0.29) is 24.7 Å². The lowest BCUT2D eigenvalue weighted by Gasteiger charge is -2.08. The molecular weight excluding hydrogens is 293 g/mol. The minimum absolute atomic E-state index is 0.00968. The third kappa shape index (κ3) is 5.53. The lowest BCUT2D eigenvalue weighted by atomic mass is 10.2. The molecule has 2 aromatic carbocycles. The average molecular weight is 309 g/mol. The summed E-state index contributed by atoms with van der Waals surface area (Å²) in [5.41, 5.74) is 0.889. The van der Waals surface area contributed by atoms with Gasteiger partial charge in [-0.25, -0.2) is 17.5 Å². The maximum Gasteiger partial charge on any atom is 0.215 e. The van der Waals surface area contributed by atoms with Gasteiger partial charge in [0, 0.05) is 6.54 Å². The van der Waals surface area contributed by atoms with E-state index in [1.165, 1.54) is 24.3 Å². The lowest BCUT2D eigenvalue weighted by Crippen LogP contribution is -2.28. The summed E-state index contributed by atoms with van der Waals surface area (Å²) in [6, 6.07) is 14.7. The third-order valence-electron chi connectivity index (χ3n) is 2.77. The summed E-state index contributed by atoms with van der Waals surface area (Å²) in [6.45, 7) is 0.259. The molecule has 0 aromatic heterocycles. The number of hydrogen-bond acceptors (Lipinski definition) is 3.